The summed E-state index contributed by atoms with van der Waals surface area (Å²) < 4.78 is 0. The molecule has 1 aromatic heterocycles. The molecule has 0 radical (unpaired) electrons. The zero-order valence-corrected chi connectivity index (χ0v) is 10.5. The number of rotatable bonds is 1. The number of aryl methyl sites for hydroxylation is 1. The predicted molar refractivity (Wildman–Crippen MR) is 68.3 cm³/mol. The van der Waals surface area contributed by atoms with E-state index in [1.807, 2.05) is 6.20 Å². The van der Waals surface area contributed by atoms with Gasteiger partial charge in [-0.1, -0.05) is 0 Å². The Labute approximate surface area is 104 Å². The first-order valence-electron chi connectivity index (χ1n) is 4.99. The van der Waals surface area contributed by atoms with Gasteiger partial charge in [0.25, 0.3) is 0 Å². The highest BCUT2D eigenvalue weighted by atomic mass is 35.5. The van der Waals surface area contributed by atoms with E-state index in [-0.39, 0.29) is 24.8 Å². The monoisotopic (exact) mass is 248 g/mol. The zero-order valence-electron chi connectivity index (χ0n) is 8.90. The van der Waals surface area contributed by atoms with E-state index in [1.165, 1.54) is 18.4 Å². The van der Waals surface area contributed by atoms with Crippen molar-refractivity contribution in [3.8, 4) is 0 Å². The van der Waals surface area contributed by atoms with Crippen molar-refractivity contribution in [2.75, 3.05) is 13.1 Å². The van der Waals surface area contributed by atoms with Crippen molar-refractivity contribution >= 4 is 24.8 Å². The highest BCUT2D eigenvalue weighted by Crippen LogP contribution is 2.24. The maximum absolute atomic E-state index is 4.22. The minimum Gasteiger partial charge on any atom is -0.317 e. The van der Waals surface area contributed by atoms with Gasteiger partial charge in [0.05, 0.1) is 0 Å². The summed E-state index contributed by atoms with van der Waals surface area (Å²) in [5.74, 6) is 0.753. The van der Waals surface area contributed by atoms with E-state index < -0.39 is 0 Å². The summed E-state index contributed by atoms with van der Waals surface area (Å²) in [5.41, 5.74) is 2.60. The molecule has 4 heteroatoms. The van der Waals surface area contributed by atoms with Crippen LogP contribution in [-0.2, 0) is 0 Å². The lowest BCUT2D eigenvalue weighted by Gasteiger charge is -2.22. The van der Waals surface area contributed by atoms with Crippen molar-refractivity contribution in [2.45, 2.75) is 25.7 Å². The fourth-order valence-electron chi connectivity index (χ4n) is 1.98. The van der Waals surface area contributed by atoms with Gasteiger partial charge in [-0.2, -0.15) is 0 Å². The van der Waals surface area contributed by atoms with Crippen LogP contribution in [0, 0.1) is 6.92 Å². The topological polar surface area (TPSA) is 24.9 Å². The molecule has 0 aromatic carbocycles. The molecule has 0 saturated carbocycles. The van der Waals surface area contributed by atoms with Gasteiger partial charge in [0.2, 0.25) is 0 Å². The first-order valence-corrected chi connectivity index (χ1v) is 4.99. The lowest BCUT2D eigenvalue weighted by atomic mass is 9.90. The summed E-state index contributed by atoms with van der Waals surface area (Å²) in [4.78, 5) is 4.22. The molecule has 2 rings (SSSR count). The first kappa shape index (κ1) is 14.7. The molecule has 1 aliphatic rings. The molecule has 0 atom stereocenters. The second-order valence-electron chi connectivity index (χ2n) is 3.75. The van der Waals surface area contributed by atoms with Gasteiger partial charge in [-0.3, -0.25) is 4.98 Å². The molecule has 0 spiro atoms. The number of pyridine rings is 1. The number of piperidine rings is 1. The van der Waals surface area contributed by atoms with Crippen LogP contribution in [-0.4, -0.2) is 18.1 Å². The summed E-state index contributed by atoms with van der Waals surface area (Å²) in [5, 5.41) is 3.38. The van der Waals surface area contributed by atoms with Gasteiger partial charge in [-0.25, -0.2) is 0 Å². The summed E-state index contributed by atoms with van der Waals surface area (Å²) in [6.45, 7) is 4.38. The molecule has 2 heterocycles. The third-order valence-corrected chi connectivity index (χ3v) is 2.73. The van der Waals surface area contributed by atoms with E-state index in [0.29, 0.717) is 0 Å². The van der Waals surface area contributed by atoms with Gasteiger partial charge in [-0.15, -0.1) is 24.8 Å². The van der Waals surface area contributed by atoms with Gasteiger partial charge in [-0.05, 0) is 56.5 Å². The fraction of sp³-hybridized carbons (Fsp3) is 0.545. The molecule has 0 unspecified atom stereocenters. The number of hydrogen-bond acceptors (Lipinski definition) is 2. The molecule has 1 fully saturated rings. The van der Waals surface area contributed by atoms with Crippen LogP contribution < -0.4 is 5.32 Å². The summed E-state index contributed by atoms with van der Waals surface area (Å²) >= 11 is 0. The average Bonchev–Trinajstić information content (AvgIpc) is 2.19. The number of nitrogens with zero attached hydrogens (tertiary/aromatic N) is 1. The van der Waals surface area contributed by atoms with Crippen LogP contribution in [0.4, 0.5) is 0 Å². The number of halogens is 2. The third kappa shape index (κ3) is 3.98. The zero-order chi connectivity index (χ0) is 9.10. The Bertz CT molecular complexity index is 286. The molecule has 1 N–H and O–H groups in total. The quantitative estimate of drug-likeness (QED) is 0.827. The van der Waals surface area contributed by atoms with Crippen LogP contribution >= 0.6 is 24.8 Å². The summed E-state index contributed by atoms with van der Waals surface area (Å²) in [6.07, 6.45) is 4.46. The van der Waals surface area contributed by atoms with Crippen molar-refractivity contribution in [3.63, 3.8) is 0 Å². The minimum absolute atomic E-state index is 0. The minimum atomic E-state index is 0. The summed E-state index contributed by atoms with van der Waals surface area (Å²) in [6, 6.07) is 4.37. The van der Waals surface area contributed by atoms with E-state index in [4.69, 9.17) is 0 Å². The molecular formula is C11H18Cl2N2. The average molecular weight is 249 g/mol. The van der Waals surface area contributed by atoms with Crippen LogP contribution in [0.1, 0.15) is 30.0 Å². The van der Waals surface area contributed by atoms with E-state index in [1.54, 1.807) is 0 Å². The van der Waals surface area contributed by atoms with Crippen LogP contribution in [0.15, 0.2) is 18.3 Å². The predicted octanol–water partition coefficient (Wildman–Crippen LogP) is 2.70. The molecule has 0 aliphatic carbocycles. The number of aromatic nitrogens is 1. The molecular weight excluding hydrogens is 231 g/mol. The lowest BCUT2D eigenvalue weighted by molar-refractivity contribution is 0.460. The van der Waals surface area contributed by atoms with Crippen molar-refractivity contribution < 1.29 is 0 Å². The Morgan fingerprint density at radius 1 is 1.27 bits per heavy atom. The Kier molecular flexibility index (Phi) is 6.90. The first-order chi connectivity index (χ1) is 6.36. The Hall–Kier alpha value is -0.310. The summed E-state index contributed by atoms with van der Waals surface area (Å²) in [7, 11) is 0. The molecule has 1 aliphatic heterocycles. The van der Waals surface area contributed by atoms with Crippen molar-refractivity contribution in [2.24, 2.45) is 0 Å². The highest BCUT2D eigenvalue weighted by Gasteiger charge is 2.14. The van der Waals surface area contributed by atoms with Crippen molar-refractivity contribution in [1.29, 1.82) is 0 Å². The fourth-order valence-corrected chi connectivity index (χ4v) is 1.98. The molecule has 0 amide bonds. The molecule has 1 saturated heterocycles. The van der Waals surface area contributed by atoms with E-state index in [0.717, 1.165) is 24.7 Å². The van der Waals surface area contributed by atoms with Crippen LogP contribution in [0.3, 0.4) is 0 Å². The van der Waals surface area contributed by atoms with E-state index in [9.17, 15) is 0 Å². The smallest absolute Gasteiger partial charge is 0.0375 e. The van der Waals surface area contributed by atoms with Crippen LogP contribution in [0.25, 0.3) is 0 Å². The standard InChI is InChI=1S/C11H16N2.2ClH/c1-9-8-11(4-7-13-9)10-2-5-12-6-3-10;;/h4,7-8,10,12H,2-3,5-6H2,1H3;2*1H. The van der Waals surface area contributed by atoms with Gasteiger partial charge in [0.15, 0.2) is 0 Å². The maximum atomic E-state index is 4.22. The van der Waals surface area contributed by atoms with Gasteiger partial charge in [0.1, 0.15) is 0 Å². The third-order valence-electron chi connectivity index (χ3n) is 2.73. The maximum Gasteiger partial charge on any atom is 0.0375 e. The second-order valence-corrected chi connectivity index (χ2v) is 3.75. The molecule has 0 bridgehead atoms. The Morgan fingerprint density at radius 2 is 1.93 bits per heavy atom. The van der Waals surface area contributed by atoms with Crippen molar-refractivity contribution in [3.05, 3.63) is 29.6 Å². The van der Waals surface area contributed by atoms with Gasteiger partial charge < -0.3 is 5.32 Å². The molecule has 2 nitrogen and oxygen atoms in total. The largest absolute Gasteiger partial charge is 0.317 e. The van der Waals surface area contributed by atoms with Crippen LogP contribution in [0.5, 0.6) is 0 Å². The van der Waals surface area contributed by atoms with Crippen molar-refractivity contribution in [1.82, 2.24) is 10.3 Å². The second kappa shape index (κ2) is 7.04. The van der Waals surface area contributed by atoms with Gasteiger partial charge >= 0.3 is 0 Å². The Balaban J connectivity index is 0.000000980. The number of nitrogens with one attached hydrogen (secondary N) is 1. The Morgan fingerprint density at radius 3 is 2.53 bits per heavy atom. The molecule has 86 valence electrons. The SMILES string of the molecule is Cc1cc(C2CCNCC2)ccn1.Cl.Cl. The van der Waals surface area contributed by atoms with E-state index in [2.05, 4.69) is 29.4 Å². The lowest BCUT2D eigenvalue weighted by Crippen LogP contribution is -2.26. The molecule has 15 heavy (non-hydrogen) atoms. The normalized spacial score (nSPS) is 16.3. The van der Waals surface area contributed by atoms with Crippen LogP contribution in [0.2, 0.25) is 0 Å². The molecule has 1 aromatic rings. The van der Waals surface area contributed by atoms with Gasteiger partial charge in [0, 0.05) is 11.9 Å². The highest BCUT2D eigenvalue weighted by molar-refractivity contribution is 5.85. The van der Waals surface area contributed by atoms with E-state index >= 15 is 0 Å². The number of hydrogen-bond donors (Lipinski definition) is 1.